The predicted octanol–water partition coefficient (Wildman–Crippen LogP) is 0.945. The maximum Gasteiger partial charge on any atom is 0.249 e. The number of hydrogen-bond acceptors (Lipinski definition) is 5. The average molecular weight is 275 g/mol. The van der Waals surface area contributed by atoms with Gasteiger partial charge in [0.1, 0.15) is 11.8 Å². The molecular formula is C13H17N5O2. The fourth-order valence-electron chi connectivity index (χ4n) is 1.83. The van der Waals surface area contributed by atoms with Crippen molar-refractivity contribution in [2.75, 3.05) is 12.4 Å². The maximum atomic E-state index is 12.3. The minimum Gasteiger partial charge on any atom is -0.495 e. The number of carbonyl (C=O) groups excluding carboxylic acids is 1. The summed E-state index contributed by atoms with van der Waals surface area (Å²) in [6.07, 6.45) is 1.55. The van der Waals surface area contributed by atoms with Gasteiger partial charge in [0.2, 0.25) is 5.91 Å². The monoisotopic (exact) mass is 275 g/mol. The van der Waals surface area contributed by atoms with Gasteiger partial charge in [-0.05, 0) is 19.1 Å². The predicted molar refractivity (Wildman–Crippen MR) is 74.2 cm³/mol. The Bertz CT molecular complexity index is 596. The molecule has 0 spiro atoms. The summed E-state index contributed by atoms with van der Waals surface area (Å²) < 4.78 is 6.70. The van der Waals surface area contributed by atoms with Gasteiger partial charge in [-0.3, -0.25) is 4.79 Å². The van der Waals surface area contributed by atoms with Gasteiger partial charge in [-0.2, -0.15) is 0 Å². The lowest BCUT2D eigenvalue weighted by Crippen LogP contribution is -2.26. The number of para-hydroxylation sites is 2. The van der Waals surface area contributed by atoms with E-state index in [4.69, 9.17) is 10.5 Å². The Kier molecular flexibility index (Phi) is 4.31. The number of methoxy groups -OCH3 is 1. The summed E-state index contributed by atoms with van der Waals surface area (Å²) in [4.78, 5) is 12.3. The second-order valence-electron chi connectivity index (χ2n) is 4.24. The molecule has 7 heteroatoms. The molecule has 0 aliphatic rings. The van der Waals surface area contributed by atoms with Crippen LogP contribution in [0.5, 0.6) is 5.75 Å². The van der Waals surface area contributed by atoms with Crippen LogP contribution in [0.25, 0.3) is 0 Å². The van der Waals surface area contributed by atoms with E-state index >= 15 is 0 Å². The van der Waals surface area contributed by atoms with Crippen LogP contribution >= 0.6 is 0 Å². The van der Waals surface area contributed by atoms with Gasteiger partial charge in [-0.1, -0.05) is 17.3 Å². The number of rotatable bonds is 5. The minimum absolute atomic E-state index is 0.213. The molecule has 1 aromatic carbocycles. The smallest absolute Gasteiger partial charge is 0.249 e. The topological polar surface area (TPSA) is 95.1 Å². The van der Waals surface area contributed by atoms with Crippen molar-refractivity contribution in [3.8, 4) is 5.75 Å². The first-order valence-corrected chi connectivity index (χ1v) is 6.20. The quantitative estimate of drug-likeness (QED) is 0.847. The third kappa shape index (κ3) is 2.77. The second-order valence-corrected chi connectivity index (χ2v) is 4.24. The summed E-state index contributed by atoms with van der Waals surface area (Å²) in [6, 6.07) is 6.70. The Balaban J connectivity index is 2.16. The molecule has 106 valence electrons. The number of nitrogens with two attached hydrogens (primary N) is 1. The number of amides is 1. The van der Waals surface area contributed by atoms with Gasteiger partial charge in [-0.15, -0.1) is 5.10 Å². The van der Waals surface area contributed by atoms with Crippen LogP contribution in [0.3, 0.4) is 0 Å². The van der Waals surface area contributed by atoms with Gasteiger partial charge in [0.05, 0.1) is 24.7 Å². The maximum absolute atomic E-state index is 12.3. The van der Waals surface area contributed by atoms with Crippen molar-refractivity contribution in [2.24, 2.45) is 5.73 Å². The van der Waals surface area contributed by atoms with Gasteiger partial charge >= 0.3 is 0 Å². The largest absolute Gasteiger partial charge is 0.495 e. The molecule has 1 heterocycles. The SMILES string of the molecule is COc1ccccc1NC(=O)C(C)n1nncc1CN. The number of anilines is 1. The molecule has 2 rings (SSSR count). The van der Waals surface area contributed by atoms with E-state index in [-0.39, 0.29) is 12.5 Å². The van der Waals surface area contributed by atoms with Gasteiger partial charge in [0, 0.05) is 6.54 Å². The third-order valence-electron chi connectivity index (χ3n) is 2.97. The molecule has 3 N–H and O–H groups in total. The molecule has 0 saturated carbocycles. The molecule has 0 radical (unpaired) electrons. The lowest BCUT2D eigenvalue weighted by Gasteiger charge is -2.15. The van der Waals surface area contributed by atoms with Gasteiger partial charge in [-0.25, -0.2) is 4.68 Å². The van der Waals surface area contributed by atoms with Crippen molar-refractivity contribution in [2.45, 2.75) is 19.5 Å². The highest BCUT2D eigenvalue weighted by Crippen LogP contribution is 2.24. The van der Waals surface area contributed by atoms with Crippen LogP contribution in [-0.4, -0.2) is 28.0 Å². The van der Waals surface area contributed by atoms with E-state index in [2.05, 4.69) is 15.6 Å². The molecule has 1 amide bonds. The molecular weight excluding hydrogens is 258 g/mol. The highest BCUT2D eigenvalue weighted by atomic mass is 16.5. The van der Waals surface area contributed by atoms with Crippen molar-refractivity contribution < 1.29 is 9.53 Å². The van der Waals surface area contributed by atoms with Crippen LogP contribution in [0.15, 0.2) is 30.5 Å². The zero-order chi connectivity index (χ0) is 14.5. The summed E-state index contributed by atoms with van der Waals surface area (Å²) in [5.41, 5.74) is 6.89. The third-order valence-corrected chi connectivity index (χ3v) is 2.97. The van der Waals surface area contributed by atoms with Gasteiger partial charge in [0.15, 0.2) is 0 Å². The molecule has 0 aliphatic carbocycles. The van der Waals surface area contributed by atoms with Crippen molar-refractivity contribution >= 4 is 11.6 Å². The van der Waals surface area contributed by atoms with Crippen molar-refractivity contribution in [3.63, 3.8) is 0 Å². The van der Waals surface area contributed by atoms with Gasteiger partial charge < -0.3 is 15.8 Å². The van der Waals surface area contributed by atoms with Crippen molar-refractivity contribution in [3.05, 3.63) is 36.2 Å². The normalized spacial score (nSPS) is 11.9. The van der Waals surface area contributed by atoms with Crippen molar-refractivity contribution in [1.82, 2.24) is 15.0 Å². The number of aromatic nitrogens is 3. The number of benzene rings is 1. The number of ether oxygens (including phenoxy) is 1. The first-order valence-electron chi connectivity index (χ1n) is 6.20. The summed E-state index contributed by atoms with van der Waals surface area (Å²) in [6.45, 7) is 2.01. The van der Waals surface area contributed by atoms with E-state index < -0.39 is 6.04 Å². The molecule has 0 bridgehead atoms. The Morgan fingerprint density at radius 3 is 2.95 bits per heavy atom. The van der Waals surface area contributed by atoms with E-state index in [0.29, 0.717) is 17.1 Å². The molecule has 1 unspecified atom stereocenters. The molecule has 0 aliphatic heterocycles. The number of nitrogens with zero attached hydrogens (tertiary/aromatic N) is 3. The second kappa shape index (κ2) is 6.16. The molecule has 2 aromatic rings. The number of nitrogens with one attached hydrogen (secondary N) is 1. The Morgan fingerprint density at radius 1 is 1.50 bits per heavy atom. The lowest BCUT2D eigenvalue weighted by molar-refractivity contribution is -0.119. The first-order chi connectivity index (χ1) is 9.67. The van der Waals surface area contributed by atoms with Crippen LogP contribution in [0, 0.1) is 0 Å². The molecule has 20 heavy (non-hydrogen) atoms. The van der Waals surface area contributed by atoms with Crippen LogP contribution in [0.2, 0.25) is 0 Å². The molecule has 0 fully saturated rings. The van der Waals surface area contributed by atoms with Crippen LogP contribution in [0.4, 0.5) is 5.69 Å². The average Bonchev–Trinajstić information content (AvgIpc) is 2.95. The Hall–Kier alpha value is -2.41. The number of carbonyl (C=O) groups is 1. The molecule has 0 saturated heterocycles. The standard InChI is InChI=1S/C13H17N5O2/c1-9(18-10(7-14)8-15-17-18)13(19)16-11-5-3-4-6-12(11)20-2/h3-6,8-9H,7,14H2,1-2H3,(H,16,19). The Labute approximate surface area is 116 Å². The highest BCUT2D eigenvalue weighted by molar-refractivity contribution is 5.94. The zero-order valence-electron chi connectivity index (χ0n) is 11.4. The molecule has 1 atom stereocenters. The van der Waals surface area contributed by atoms with E-state index in [9.17, 15) is 4.79 Å². The van der Waals surface area contributed by atoms with Crippen LogP contribution < -0.4 is 15.8 Å². The fourth-order valence-corrected chi connectivity index (χ4v) is 1.83. The van der Waals surface area contributed by atoms with E-state index in [1.807, 2.05) is 12.1 Å². The van der Waals surface area contributed by atoms with Gasteiger partial charge in [0.25, 0.3) is 0 Å². The summed E-state index contributed by atoms with van der Waals surface area (Å²) >= 11 is 0. The molecule has 1 aromatic heterocycles. The Morgan fingerprint density at radius 2 is 2.25 bits per heavy atom. The zero-order valence-corrected chi connectivity index (χ0v) is 11.4. The fraction of sp³-hybridized carbons (Fsp3) is 0.308. The van der Waals surface area contributed by atoms with E-state index in [1.54, 1.807) is 32.4 Å². The lowest BCUT2D eigenvalue weighted by atomic mass is 10.2. The number of hydrogen-bond donors (Lipinski definition) is 2. The van der Waals surface area contributed by atoms with E-state index in [0.717, 1.165) is 0 Å². The first kappa shape index (κ1) is 14.0. The van der Waals surface area contributed by atoms with Crippen molar-refractivity contribution in [1.29, 1.82) is 0 Å². The summed E-state index contributed by atoms with van der Waals surface area (Å²) in [5, 5.41) is 10.5. The van der Waals surface area contributed by atoms with E-state index in [1.165, 1.54) is 4.68 Å². The van der Waals surface area contributed by atoms with Crippen LogP contribution in [-0.2, 0) is 11.3 Å². The minimum atomic E-state index is -0.513. The summed E-state index contributed by atoms with van der Waals surface area (Å²) in [7, 11) is 1.55. The molecule has 7 nitrogen and oxygen atoms in total. The van der Waals surface area contributed by atoms with Crippen LogP contribution in [0.1, 0.15) is 18.7 Å². The summed E-state index contributed by atoms with van der Waals surface area (Å²) in [5.74, 6) is 0.389. The highest BCUT2D eigenvalue weighted by Gasteiger charge is 2.19.